The smallest absolute Gasteiger partial charge is 0.336 e. The molecule has 2 aromatic carbocycles. The highest BCUT2D eigenvalue weighted by Gasteiger charge is 2.25. The first-order valence-corrected chi connectivity index (χ1v) is 8.55. The minimum atomic E-state index is -1.44. The van der Waals surface area contributed by atoms with Gasteiger partial charge >= 0.3 is 5.63 Å². The maximum atomic E-state index is 13.9. The van der Waals surface area contributed by atoms with Crippen molar-refractivity contribution in [2.75, 3.05) is 7.11 Å². The molecular weight excluding hydrogens is 405 g/mol. The van der Waals surface area contributed by atoms with Crippen molar-refractivity contribution in [3.8, 4) is 5.75 Å². The van der Waals surface area contributed by atoms with Crippen molar-refractivity contribution in [2.45, 2.75) is 12.5 Å². The molecule has 7 nitrogen and oxygen atoms in total. The zero-order valence-electron chi connectivity index (χ0n) is 15.5. The van der Waals surface area contributed by atoms with Gasteiger partial charge in [0.1, 0.15) is 40.4 Å². The van der Waals surface area contributed by atoms with E-state index < -0.39 is 46.5 Å². The lowest BCUT2D eigenvalue weighted by atomic mass is 10.0. The van der Waals surface area contributed by atoms with Gasteiger partial charge in [0.05, 0.1) is 7.11 Å². The summed E-state index contributed by atoms with van der Waals surface area (Å²) in [5.74, 6) is -5.98. The quantitative estimate of drug-likeness (QED) is 0.593. The summed E-state index contributed by atoms with van der Waals surface area (Å²) in [6, 6.07) is 4.98. The van der Waals surface area contributed by atoms with Crippen LogP contribution < -0.4 is 21.4 Å². The van der Waals surface area contributed by atoms with Crippen LogP contribution in [0.15, 0.2) is 45.6 Å². The van der Waals surface area contributed by atoms with Gasteiger partial charge < -0.3 is 20.2 Å². The van der Waals surface area contributed by atoms with Gasteiger partial charge in [0.2, 0.25) is 5.91 Å². The predicted molar refractivity (Wildman–Crippen MR) is 99.5 cm³/mol. The van der Waals surface area contributed by atoms with Gasteiger partial charge in [0, 0.05) is 36.1 Å². The Hall–Kier alpha value is -3.82. The highest BCUT2D eigenvalue weighted by atomic mass is 19.1. The van der Waals surface area contributed by atoms with Gasteiger partial charge in [-0.2, -0.15) is 0 Å². The van der Waals surface area contributed by atoms with Crippen LogP contribution in [0.2, 0.25) is 0 Å². The van der Waals surface area contributed by atoms with E-state index in [1.165, 1.54) is 13.2 Å². The van der Waals surface area contributed by atoms with Crippen LogP contribution in [0.4, 0.5) is 13.2 Å². The third-order valence-electron chi connectivity index (χ3n) is 4.34. The van der Waals surface area contributed by atoms with Gasteiger partial charge in [-0.05, 0) is 17.7 Å². The van der Waals surface area contributed by atoms with Gasteiger partial charge in [0.15, 0.2) is 0 Å². The van der Waals surface area contributed by atoms with Gasteiger partial charge in [-0.15, -0.1) is 0 Å². The van der Waals surface area contributed by atoms with E-state index in [-0.39, 0.29) is 12.0 Å². The number of benzene rings is 2. The predicted octanol–water partition coefficient (Wildman–Crippen LogP) is 2.05. The van der Waals surface area contributed by atoms with E-state index in [0.29, 0.717) is 28.8 Å². The van der Waals surface area contributed by atoms with E-state index in [1.54, 1.807) is 12.1 Å². The van der Waals surface area contributed by atoms with E-state index in [1.807, 2.05) is 0 Å². The van der Waals surface area contributed by atoms with Crippen molar-refractivity contribution < 1.29 is 31.9 Å². The summed E-state index contributed by atoms with van der Waals surface area (Å²) in [6.07, 6.45) is -0.264. The molecule has 10 heteroatoms. The summed E-state index contributed by atoms with van der Waals surface area (Å²) < 4.78 is 50.9. The van der Waals surface area contributed by atoms with Crippen molar-refractivity contribution in [1.29, 1.82) is 0 Å². The standard InChI is InChI=1S/C20H15F3N2O5/c1-29-11-2-3-12-9(5-17(26)30-16(12)8-11)4-15(19(24)27)25-20(28)18-13(22)6-10(21)7-14(18)23/h2-3,5-8,15H,4H2,1H3,(H2,24,27)(H,25,28)/t15-/m1/s1. The van der Waals surface area contributed by atoms with E-state index in [9.17, 15) is 27.6 Å². The summed E-state index contributed by atoms with van der Waals surface area (Å²) in [5.41, 5.74) is 3.99. The van der Waals surface area contributed by atoms with Crippen LogP contribution in [0, 0.1) is 17.5 Å². The number of ether oxygens (including phenoxy) is 1. The fourth-order valence-electron chi connectivity index (χ4n) is 2.94. The molecule has 0 radical (unpaired) electrons. The lowest BCUT2D eigenvalue weighted by Gasteiger charge is -2.17. The maximum absolute atomic E-state index is 13.9. The molecule has 0 aliphatic rings. The van der Waals surface area contributed by atoms with Crippen molar-refractivity contribution in [3.63, 3.8) is 0 Å². The number of nitrogens with one attached hydrogen (secondary N) is 1. The fourth-order valence-corrected chi connectivity index (χ4v) is 2.94. The highest BCUT2D eigenvalue weighted by Crippen LogP contribution is 2.23. The molecule has 0 saturated carbocycles. The Morgan fingerprint density at radius 2 is 1.80 bits per heavy atom. The molecule has 3 aromatic rings. The Labute approximate surface area is 167 Å². The third-order valence-corrected chi connectivity index (χ3v) is 4.34. The number of rotatable bonds is 6. The first-order valence-electron chi connectivity index (χ1n) is 8.55. The zero-order valence-corrected chi connectivity index (χ0v) is 15.5. The second-order valence-electron chi connectivity index (χ2n) is 6.33. The molecule has 0 unspecified atom stereocenters. The van der Waals surface area contributed by atoms with Crippen molar-refractivity contribution in [2.24, 2.45) is 5.73 Å². The van der Waals surface area contributed by atoms with Crippen LogP contribution in [-0.4, -0.2) is 25.0 Å². The minimum absolute atomic E-state index is 0.169. The molecule has 1 heterocycles. The van der Waals surface area contributed by atoms with Crippen LogP contribution in [0.25, 0.3) is 11.0 Å². The zero-order chi connectivity index (χ0) is 22.0. The summed E-state index contributed by atoms with van der Waals surface area (Å²) >= 11 is 0. The molecule has 0 spiro atoms. The lowest BCUT2D eigenvalue weighted by Crippen LogP contribution is -2.46. The first-order chi connectivity index (χ1) is 14.2. The number of carbonyl (C=O) groups excluding carboxylic acids is 2. The Balaban J connectivity index is 1.95. The van der Waals surface area contributed by atoms with Crippen LogP contribution in [0.5, 0.6) is 5.75 Å². The molecule has 0 saturated heterocycles. The molecule has 0 aliphatic heterocycles. The summed E-state index contributed by atoms with van der Waals surface area (Å²) in [4.78, 5) is 36.0. The van der Waals surface area contributed by atoms with Crippen molar-refractivity contribution in [1.82, 2.24) is 5.32 Å². The van der Waals surface area contributed by atoms with Gasteiger partial charge in [-0.25, -0.2) is 18.0 Å². The van der Waals surface area contributed by atoms with Gasteiger partial charge in [-0.1, -0.05) is 0 Å². The van der Waals surface area contributed by atoms with Crippen molar-refractivity contribution in [3.05, 3.63) is 75.4 Å². The largest absolute Gasteiger partial charge is 0.497 e. The number of amides is 2. The van der Waals surface area contributed by atoms with Gasteiger partial charge in [0.25, 0.3) is 5.91 Å². The molecule has 2 amide bonds. The number of carbonyl (C=O) groups is 2. The van der Waals surface area contributed by atoms with Crippen LogP contribution in [0.1, 0.15) is 15.9 Å². The molecular formula is C20H15F3N2O5. The Kier molecular flexibility index (Phi) is 5.77. The minimum Gasteiger partial charge on any atom is -0.497 e. The number of hydrogen-bond donors (Lipinski definition) is 2. The monoisotopic (exact) mass is 420 g/mol. The number of methoxy groups -OCH3 is 1. The highest BCUT2D eigenvalue weighted by molar-refractivity contribution is 5.98. The molecule has 1 aromatic heterocycles. The summed E-state index contributed by atoms with van der Waals surface area (Å²) in [5, 5.41) is 2.56. The fraction of sp³-hybridized carbons (Fsp3) is 0.150. The molecule has 0 fully saturated rings. The van der Waals surface area contributed by atoms with E-state index in [2.05, 4.69) is 5.32 Å². The van der Waals surface area contributed by atoms with E-state index >= 15 is 0 Å². The normalized spacial score (nSPS) is 11.9. The maximum Gasteiger partial charge on any atom is 0.336 e. The second-order valence-corrected chi connectivity index (χ2v) is 6.33. The molecule has 30 heavy (non-hydrogen) atoms. The summed E-state index contributed by atoms with van der Waals surface area (Å²) in [7, 11) is 1.43. The molecule has 3 N–H and O–H groups in total. The molecule has 3 rings (SSSR count). The van der Waals surface area contributed by atoms with Crippen molar-refractivity contribution >= 4 is 22.8 Å². The number of primary amides is 1. The topological polar surface area (TPSA) is 112 Å². The van der Waals surface area contributed by atoms with E-state index in [4.69, 9.17) is 14.9 Å². The Morgan fingerprint density at radius 3 is 2.40 bits per heavy atom. The van der Waals surface area contributed by atoms with Crippen LogP contribution in [0.3, 0.4) is 0 Å². The number of nitrogens with two attached hydrogens (primary N) is 1. The van der Waals surface area contributed by atoms with Crippen LogP contribution >= 0.6 is 0 Å². The molecule has 1 atom stereocenters. The average Bonchev–Trinajstić information content (AvgIpc) is 2.65. The second kappa shape index (κ2) is 8.27. The molecule has 0 bridgehead atoms. The molecule has 0 aliphatic carbocycles. The SMILES string of the molecule is COc1ccc2c(C[C@@H](NC(=O)c3c(F)cc(F)cc3F)C(N)=O)cc(=O)oc2c1. The van der Waals surface area contributed by atoms with E-state index in [0.717, 1.165) is 6.07 Å². The molecule has 156 valence electrons. The Morgan fingerprint density at radius 1 is 1.13 bits per heavy atom. The third kappa shape index (κ3) is 4.27. The first kappa shape index (κ1) is 20.9. The lowest BCUT2D eigenvalue weighted by molar-refractivity contribution is -0.119. The van der Waals surface area contributed by atoms with Crippen LogP contribution in [-0.2, 0) is 11.2 Å². The van der Waals surface area contributed by atoms with Gasteiger partial charge in [-0.3, -0.25) is 9.59 Å². The summed E-state index contributed by atoms with van der Waals surface area (Å²) in [6.45, 7) is 0. The number of fused-ring (bicyclic) bond motifs is 1. The number of hydrogen-bond acceptors (Lipinski definition) is 5. The average molecular weight is 420 g/mol. The Bertz CT molecular complexity index is 1190. The number of halogens is 3.